The molecule has 2 atom stereocenters. The highest BCUT2D eigenvalue weighted by molar-refractivity contribution is 5.98. The molecule has 2 aliphatic rings. The minimum atomic E-state index is -0.0725. The van der Waals surface area contributed by atoms with Gasteiger partial charge in [-0.05, 0) is 0 Å². The third-order valence-electron chi connectivity index (χ3n) is 4.32. The molecule has 7 heteroatoms. The van der Waals surface area contributed by atoms with Gasteiger partial charge in [0.15, 0.2) is 0 Å². The van der Waals surface area contributed by atoms with Gasteiger partial charge in [-0.25, -0.2) is 0 Å². The van der Waals surface area contributed by atoms with E-state index >= 15 is 0 Å². The molecule has 2 amide bonds. The van der Waals surface area contributed by atoms with Crippen LogP contribution in [0, 0.1) is 11.8 Å². The van der Waals surface area contributed by atoms with Gasteiger partial charge < -0.3 is 14.5 Å². The molecule has 0 spiro atoms. The molecule has 1 aromatic heterocycles. The van der Waals surface area contributed by atoms with Crippen LogP contribution in [0.15, 0.2) is 12.4 Å². The Morgan fingerprint density at radius 3 is 2.86 bits per heavy atom. The molecule has 0 aliphatic carbocycles. The molecular formula is C14H20N4O3. The van der Waals surface area contributed by atoms with Crippen LogP contribution in [0.5, 0.6) is 0 Å². The lowest BCUT2D eigenvalue weighted by atomic mass is 10.0. The lowest BCUT2D eigenvalue weighted by Gasteiger charge is -2.20. The van der Waals surface area contributed by atoms with E-state index in [2.05, 4.69) is 5.10 Å². The van der Waals surface area contributed by atoms with Gasteiger partial charge >= 0.3 is 0 Å². The Morgan fingerprint density at radius 2 is 2.24 bits per heavy atom. The summed E-state index contributed by atoms with van der Waals surface area (Å²) in [6.45, 7) is 2.29. The first-order valence-corrected chi connectivity index (χ1v) is 7.17. The van der Waals surface area contributed by atoms with Crippen LogP contribution in [-0.2, 0) is 21.4 Å². The molecule has 0 bridgehead atoms. The summed E-state index contributed by atoms with van der Waals surface area (Å²) in [5.74, 6) is 0.336. The molecule has 1 aromatic rings. The molecule has 21 heavy (non-hydrogen) atoms. The average Bonchev–Trinajstić information content (AvgIpc) is 3.13. The molecular weight excluding hydrogens is 272 g/mol. The first-order chi connectivity index (χ1) is 10.1. The van der Waals surface area contributed by atoms with Crippen LogP contribution in [0.3, 0.4) is 0 Å². The van der Waals surface area contributed by atoms with Crippen molar-refractivity contribution in [2.24, 2.45) is 18.9 Å². The standard InChI is InChI=1S/C14H20N4O3/c1-16-8-11(5-15-16)18-7-10-6-17(9-12(10)14(18)20)13(19)3-4-21-2/h5,8,10,12H,3-4,6-7,9H2,1-2H3/t10-,12+/m0/s1. The lowest BCUT2D eigenvalue weighted by molar-refractivity contribution is -0.131. The summed E-state index contributed by atoms with van der Waals surface area (Å²) in [5.41, 5.74) is 0.842. The molecule has 3 rings (SSSR count). The zero-order valence-electron chi connectivity index (χ0n) is 12.4. The number of rotatable bonds is 4. The quantitative estimate of drug-likeness (QED) is 0.776. The molecule has 0 N–H and O–H groups in total. The highest BCUT2D eigenvalue weighted by atomic mass is 16.5. The molecule has 0 saturated carbocycles. The first-order valence-electron chi connectivity index (χ1n) is 7.17. The van der Waals surface area contributed by atoms with Crippen molar-refractivity contribution < 1.29 is 14.3 Å². The third kappa shape index (κ3) is 2.53. The number of hydrogen-bond donors (Lipinski definition) is 0. The fourth-order valence-electron chi connectivity index (χ4n) is 3.19. The maximum absolute atomic E-state index is 12.5. The van der Waals surface area contributed by atoms with E-state index in [9.17, 15) is 9.59 Å². The van der Waals surface area contributed by atoms with Gasteiger partial charge in [0.2, 0.25) is 11.8 Å². The zero-order valence-corrected chi connectivity index (χ0v) is 12.4. The van der Waals surface area contributed by atoms with Crippen LogP contribution in [0.2, 0.25) is 0 Å². The van der Waals surface area contributed by atoms with E-state index < -0.39 is 0 Å². The van der Waals surface area contributed by atoms with Gasteiger partial charge in [-0.3, -0.25) is 14.3 Å². The smallest absolute Gasteiger partial charge is 0.232 e. The van der Waals surface area contributed by atoms with E-state index in [-0.39, 0.29) is 23.7 Å². The van der Waals surface area contributed by atoms with Gasteiger partial charge in [0.1, 0.15) is 0 Å². The number of aromatic nitrogens is 2. The van der Waals surface area contributed by atoms with Gasteiger partial charge in [0.25, 0.3) is 0 Å². The highest BCUT2D eigenvalue weighted by Gasteiger charge is 2.47. The highest BCUT2D eigenvalue weighted by Crippen LogP contribution is 2.35. The summed E-state index contributed by atoms with van der Waals surface area (Å²) in [6.07, 6.45) is 3.94. The van der Waals surface area contributed by atoms with Gasteiger partial charge in [0, 0.05) is 45.9 Å². The van der Waals surface area contributed by atoms with Crippen LogP contribution < -0.4 is 4.90 Å². The summed E-state index contributed by atoms with van der Waals surface area (Å²) in [6, 6.07) is 0. The molecule has 0 radical (unpaired) electrons. The fourth-order valence-corrected chi connectivity index (χ4v) is 3.19. The largest absolute Gasteiger partial charge is 0.384 e. The van der Waals surface area contributed by atoms with Crippen molar-refractivity contribution in [1.82, 2.24) is 14.7 Å². The van der Waals surface area contributed by atoms with Crippen molar-refractivity contribution in [2.75, 3.05) is 38.3 Å². The van der Waals surface area contributed by atoms with Crippen LogP contribution >= 0.6 is 0 Å². The van der Waals surface area contributed by atoms with E-state index in [4.69, 9.17) is 4.74 Å². The van der Waals surface area contributed by atoms with E-state index in [1.165, 1.54) is 0 Å². The second-order valence-electron chi connectivity index (χ2n) is 5.73. The number of amides is 2. The van der Waals surface area contributed by atoms with E-state index in [1.54, 1.807) is 27.8 Å². The summed E-state index contributed by atoms with van der Waals surface area (Å²) in [5, 5.41) is 4.11. The Hall–Kier alpha value is -1.89. The summed E-state index contributed by atoms with van der Waals surface area (Å²) in [7, 11) is 3.42. The average molecular weight is 292 g/mol. The van der Waals surface area contributed by atoms with Crippen molar-refractivity contribution in [3.8, 4) is 0 Å². The predicted octanol–water partition coefficient (Wildman–Crippen LogP) is -0.122. The van der Waals surface area contributed by atoms with E-state index in [1.807, 2.05) is 13.2 Å². The van der Waals surface area contributed by atoms with Crippen LogP contribution in [-0.4, -0.2) is 59.8 Å². The summed E-state index contributed by atoms with van der Waals surface area (Å²) >= 11 is 0. The lowest BCUT2D eigenvalue weighted by Crippen LogP contribution is -2.35. The molecule has 0 aromatic carbocycles. The van der Waals surface area contributed by atoms with E-state index in [0.29, 0.717) is 32.7 Å². The molecule has 2 fully saturated rings. The Balaban J connectivity index is 1.64. The Labute approximate surface area is 123 Å². The second kappa shape index (κ2) is 5.48. The van der Waals surface area contributed by atoms with Crippen molar-refractivity contribution in [3.63, 3.8) is 0 Å². The minimum absolute atomic E-state index is 0.0725. The number of aryl methyl sites for hydroxylation is 1. The van der Waals surface area contributed by atoms with Gasteiger partial charge in [0.05, 0.1) is 30.8 Å². The number of nitrogens with zero attached hydrogens (tertiary/aromatic N) is 4. The van der Waals surface area contributed by atoms with Gasteiger partial charge in [-0.2, -0.15) is 5.10 Å². The molecule has 2 saturated heterocycles. The number of hydrogen-bond acceptors (Lipinski definition) is 4. The number of ether oxygens (including phenoxy) is 1. The van der Waals surface area contributed by atoms with Crippen LogP contribution in [0.25, 0.3) is 0 Å². The third-order valence-corrected chi connectivity index (χ3v) is 4.32. The maximum Gasteiger partial charge on any atom is 0.232 e. The number of anilines is 1. The Kier molecular flexibility index (Phi) is 3.67. The Bertz CT molecular complexity index is 556. The molecule has 2 aliphatic heterocycles. The normalized spacial score (nSPS) is 24.8. The van der Waals surface area contributed by atoms with Gasteiger partial charge in [-0.15, -0.1) is 0 Å². The van der Waals surface area contributed by atoms with Crippen LogP contribution in [0.1, 0.15) is 6.42 Å². The Morgan fingerprint density at radius 1 is 1.43 bits per heavy atom. The summed E-state index contributed by atoms with van der Waals surface area (Å²) < 4.78 is 6.62. The maximum atomic E-state index is 12.5. The van der Waals surface area contributed by atoms with Crippen molar-refractivity contribution in [1.29, 1.82) is 0 Å². The number of carbonyl (C=O) groups excluding carboxylic acids is 2. The first kappa shape index (κ1) is 14.1. The van der Waals surface area contributed by atoms with Crippen molar-refractivity contribution in [3.05, 3.63) is 12.4 Å². The van der Waals surface area contributed by atoms with Crippen LogP contribution in [0.4, 0.5) is 5.69 Å². The minimum Gasteiger partial charge on any atom is -0.384 e. The number of likely N-dealkylation sites (tertiary alicyclic amines) is 1. The summed E-state index contributed by atoms with van der Waals surface area (Å²) in [4.78, 5) is 28.1. The SMILES string of the molecule is COCCC(=O)N1C[C@H]2CN(c3cnn(C)c3)C(=O)[C@@H]2C1. The van der Waals surface area contributed by atoms with E-state index in [0.717, 1.165) is 5.69 Å². The van der Waals surface area contributed by atoms with Gasteiger partial charge in [-0.1, -0.05) is 0 Å². The number of fused-ring (bicyclic) bond motifs is 1. The molecule has 0 unspecified atom stereocenters. The second-order valence-corrected chi connectivity index (χ2v) is 5.73. The number of carbonyl (C=O) groups is 2. The molecule has 114 valence electrons. The number of methoxy groups -OCH3 is 1. The topological polar surface area (TPSA) is 67.7 Å². The molecule has 7 nitrogen and oxygen atoms in total. The van der Waals surface area contributed by atoms with Crippen molar-refractivity contribution >= 4 is 17.5 Å². The predicted molar refractivity (Wildman–Crippen MR) is 75.6 cm³/mol. The van der Waals surface area contributed by atoms with Crippen molar-refractivity contribution in [2.45, 2.75) is 6.42 Å². The monoisotopic (exact) mass is 292 g/mol. The zero-order chi connectivity index (χ0) is 15.0. The fraction of sp³-hybridized carbons (Fsp3) is 0.643. The molecule has 3 heterocycles.